The molecular formula is C35H32F6N4O6S3. The molecule has 0 fully saturated rings. The Morgan fingerprint density at radius 2 is 1.50 bits per heavy atom. The van der Waals surface area contributed by atoms with Gasteiger partial charge in [0, 0.05) is 22.2 Å². The number of carbonyl (C=O) groups is 2. The monoisotopic (exact) mass is 814 g/mol. The van der Waals surface area contributed by atoms with E-state index in [4.69, 9.17) is 5.73 Å². The lowest BCUT2D eigenvalue weighted by atomic mass is 9.84. The Bertz CT molecular complexity index is 2120. The Labute approximate surface area is 313 Å². The van der Waals surface area contributed by atoms with Crippen LogP contribution in [0.25, 0.3) is 10.2 Å². The third-order valence-corrected chi connectivity index (χ3v) is 12.4. The number of nitrogens with zero attached hydrogens (tertiary/aromatic N) is 3. The molecule has 3 aromatic carbocycles. The van der Waals surface area contributed by atoms with Gasteiger partial charge in [-0.05, 0) is 41.5 Å². The van der Waals surface area contributed by atoms with Crippen molar-refractivity contribution in [3.8, 4) is 0 Å². The minimum Gasteiger partial charge on any atom is -0.452 e. The highest BCUT2D eigenvalue weighted by Gasteiger charge is 2.52. The number of aliphatic hydroxyl groups excluding tert-OH is 1. The van der Waals surface area contributed by atoms with Crippen LogP contribution in [-0.4, -0.2) is 78.4 Å². The first kappa shape index (κ1) is 40.8. The summed E-state index contributed by atoms with van der Waals surface area (Å²) in [5.74, 6) is -2.50. The zero-order valence-electron chi connectivity index (χ0n) is 28.1. The van der Waals surface area contributed by atoms with Gasteiger partial charge >= 0.3 is 18.4 Å². The number of thiazole rings is 1. The molecule has 0 saturated heterocycles. The summed E-state index contributed by atoms with van der Waals surface area (Å²) in [6, 6.07) is 15.2. The largest absolute Gasteiger partial charge is 0.452 e. The van der Waals surface area contributed by atoms with Gasteiger partial charge in [0.15, 0.2) is 6.04 Å². The van der Waals surface area contributed by atoms with Gasteiger partial charge in [-0.25, -0.2) is 23.1 Å². The quantitative estimate of drug-likeness (QED) is 0.117. The molecule has 0 radical (unpaired) electrons. The van der Waals surface area contributed by atoms with E-state index >= 15 is 13.2 Å². The number of alkyl halides is 6. The van der Waals surface area contributed by atoms with Crippen LogP contribution in [0.3, 0.4) is 0 Å². The van der Waals surface area contributed by atoms with Crippen LogP contribution >= 0.6 is 22.7 Å². The average molecular weight is 815 g/mol. The number of hydrogen-bond donors (Lipinski definition) is 2. The van der Waals surface area contributed by atoms with E-state index < -0.39 is 87.8 Å². The van der Waals surface area contributed by atoms with Crippen molar-refractivity contribution < 1.29 is 54.2 Å². The number of sulfonamides is 1. The number of fused-ring (bicyclic) bond motifs is 1. The summed E-state index contributed by atoms with van der Waals surface area (Å²) in [7, 11) is -4.06. The molecule has 10 nitrogen and oxygen atoms in total. The number of halogens is 6. The zero-order chi connectivity index (χ0) is 39.4. The Balaban J connectivity index is 1.57. The molecule has 0 aliphatic carbocycles. The Kier molecular flexibility index (Phi) is 12.5. The summed E-state index contributed by atoms with van der Waals surface area (Å²) in [4.78, 5) is 29.7. The number of benzene rings is 3. The highest BCUT2D eigenvalue weighted by atomic mass is 32.2. The van der Waals surface area contributed by atoms with E-state index in [-0.39, 0.29) is 21.1 Å². The SMILES string of the molecule is COC(=O)N(C(=O)[C@@H](N)C(c1ccccc1)c1ccccc1)[C@H](c1ccc([C@@H](CO)N(CCC(F)(F)F)S(=O)(=O)c2ccc3ncsc3c2)s1)C(F)(F)F. The molecule has 0 aliphatic rings. The lowest BCUT2D eigenvalue weighted by molar-refractivity contribution is -0.187. The molecule has 0 aliphatic heterocycles. The van der Waals surface area contributed by atoms with E-state index in [0.29, 0.717) is 25.6 Å². The van der Waals surface area contributed by atoms with E-state index in [1.54, 1.807) is 60.7 Å². The van der Waals surface area contributed by atoms with Gasteiger partial charge in [-0.2, -0.15) is 30.6 Å². The number of methoxy groups -OCH3 is 1. The molecule has 19 heteroatoms. The van der Waals surface area contributed by atoms with E-state index in [9.17, 15) is 36.3 Å². The fraction of sp³-hybridized carbons (Fsp3) is 0.286. The zero-order valence-corrected chi connectivity index (χ0v) is 30.5. The van der Waals surface area contributed by atoms with Crippen molar-refractivity contribution in [2.45, 2.75) is 47.7 Å². The van der Waals surface area contributed by atoms with Crippen LogP contribution in [0.15, 0.2) is 101 Å². The number of rotatable bonds is 13. The number of hydrogen-bond acceptors (Lipinski definition) is 10. The number of thiophene rings is 1. The second kappa shape index (κ2) is 16.5. The van der Waals surface area contributed by atoms with Gasteiger partial charge < -0.3 is 15.6 Å². The summed E-state index contributed by atoms with van der Waals surface area (Å²) in [6.45, 7) is -2.34. The molecule has 3 atom stereocenters. The predicted molar refractivity (Wildman–Crippen MR) is 189 cm³/mol. The van der Waals surface area contributed by atoms with Crippen molar-refractivity contribution in [3.63, 3.8) is 0 Å². The third-order valence-electron chi connectivity index (χ3n) is 8.43. The first-order valence-corrected chi connectivity index (χ1v) is 19.1. The minimum absolute atomic E-state index is 0.171. The van der Waals surface area contributed by atoms with Gasteiger partial charge in [0.05, 0.1) is 52.8 Å². The van der Waals surface area contributed by atoms with E-state index in [0.717, 1.165) is 36.6 Å². The predicted octanol–water partition coefficient (Wildman–Crippen LogP) is 7.39. The van der Waals surface area contributed by atoms with Crippen LogP contribution in [0.1, 0.15) is 45.3 Å². The van der Waals surface area contributed by atoms with Crippen molar-refractivity contribution in [1.29, 1.82) is 0 Å². The highest BCUT2D eigenvalue weighted by molar-refractivity contribution is 7.89. The standard InChI is InChI=1S/C35H32F6N4O6S3/c1-51-33(48)45(32(47)30(42)29(21-8-4-2-5-9-21)22-10-6-3-7-11-22)31(35(39,40)41)27-15-14-26(53-27)25(19-46)44(17-16-34(36,37)38)54(49,50)23-12-13-24-28(18-23)52-20-43-24/h2-15,18,20,25,29-31,46H,16-17,19,42H2,1H3/t25-,30+,31-/m1/s1. The van der Waals surface area contributed by atoms with Crippen molar-refractivity contribution in [3.05, 3.63) is 117 Å². The van der Waals surface area contributed by atoms with Crippen LogP contribution < -0.4 is 5.73 Å². The van der Waals surface area contributed by atoms with Gasteiger partial charge in [-0.1, -0.05) is 60.7 Å². The van der Waals surface area contributed by atoms with Gasteiger partial charge in [0.2, 0.25) is 10.0 Å². The first-order chi connectivity index (χ1) is 25.5. The van der Waals surface area contributed by atoms with Crippen LogP contribution in [0.4, 0.5) is 31.1 Å². The average Bonchev–Trinajstić information content (AvgIpc) is 3.81. The van der Waals surface area contributed by atoms with Crippen molar-refractivity contribution in [2.24, 2.45) is 5.73 Å². The molecule has 54 heavy (non-hydrogen) atoms. The summed E-state index contributed by atoms with van der Waals surface area (Å²) in [5.41, 5.74) is 9.19. The van der Waals surface area contributed by atoms with Gasteiger partial charge in [-0.15, -0.1) is 22.7 Å². The molecule has 3 N–H and O–H groups in total. The number of ether oxygens (including phenoxy) is 1. The summed E-state index contributed by atoms with van der Waals surface area (Å²) >= 11 is 1.32. The second-order valence-corrected chi connectivity index (χ2v) is 15.8. The van der Waals surface area contributed by atoms with Gasteiger partial charge in [0.25, 0.3) is 5.91 Å². The van der Waals surface area contributed by atoms with Crippen molar-refractivity contribution in [2.75, 3.05) is 20.3 Å². The van der Waals surface area contributed by atoms with Gasteiger partial charge in [-0.3, -0.25) is 4.79 Å². The van der Waals surface area contributed by atoms with Crippen LogP contribution in [0.2, 0.25) is 0 Å². The number of aromatic nitrogens is 1. The summed E-state index contributed by atoms with van der Waals surface area (Å²) in [6.07, 6.45) is -13.6. The third kappa shape index (κ3) is 8.93. The van der Waals surface area contributed by atoms with Crippen LogP contribution in [0, 0.1) is 0 Å². The maximum atomic E-state index is 15.1. The molecule has 2 heterocycles. The Morgan fingerprint density at radius 1 is 0.907 bits per heavy atom. The van der Waals surface area contributed by atoms with Crippen molar-refractivity contribution in [1.82, 2.24) is 14.2 Å². The number of nitrogens with two attached hydrogens (primary N) is 1. The fourth-order valence-electron chi connectivity index (χ4n) is 5.92. The topological polar surface area (TPSA) is 143 Å². The number of amides is 2. The normalized spacial score (nSPS) is 14.3. The molecule has 0 bridgehead atoms. The molecule has 0 saturated carbocycles. The Hall–Kier alpha value is -4.40. The molecule has 2 aromatic heterocycles. The van der Waals surface area contributed by atoms with Crippen molar-refractivity contribution >= 4 is 54.9 Å². The minimum atomic E-state index is -5.37. The lowest BCUT2D eigenvalue weighted by Crippen LogP contribution is -2.53. The molecule has 0 unspecified atom stereocenters. The first-order valence-electron chi connectivity index (χ1n) is 15.9. The lowest BCUT2D eigenvalue weighted by Gasteiger charge is -2.34. The maximum Gasteiger partial charge on any atom is 0.417 e. The van der Waals surface area contributed by atoms with Crippen LogP contribution in [-0.2, 0) is 19.6 Å². The Morgan fingerprint density at radius 3 is 2.04 bits per heavy atom. The number of carbonyl (C=O) groups excluding carboxylic acids is 2. The molecule has 5 aromatic rings. The fourth-order valence-corrected chi connectivity index (χ4v) is 9.63. The summed E-state index contributed by atoms with van der Waals surface area (Å²) in [5, 5.41) is 10.4. The van der Waals surface area contributed by atoms with Gasteiger partial charge in [0.1, 0.15) is 0 Å². The molecule has 288 valence electrons. The number of imide groups is 1. The maximum absolute atomic E-state index is 15.1. The molecular weight excluding hydrogens is 783 g/mol. The molecule has 5 rings (SSSR count). The smallest absolute Gasteiger partial charge is 0.417 e. The number of aliphatic hydroxyl groups is 1. The highest BCUT2D eigenvalue weighted by Crippen LogP contribution is 2.44. The molecule has 2 amide bonds. The van der Waals surface area contributed by atoms with E-state index in [1.807, 2.05) is 0 Å². The summed E-state index contributed by atoms with van der Waals surface area (Å²) < 4.78 is 119. The van der Waals surface area contributed by atoms with Crippen LogP contribution in [0.5, 0.6) is 0 Å². The molecule has 0 spiro atoms. The van der Waals surface area contributed by atoms with E-state index in [1.165, 1.54) is 17.6 Å². The second-order valence-electron chi connectivity index (χ2n) is 11.8. The van der Waals surface area contributed by atoms with E-state index in [2.05, 4.69) is 9.72 Å².